The summed E-state index contributed by atoms with van der Waals surface area (Å²) in [6.45, 7) is 0. The number of hydrogen-bond donors (Lipinski definition) is 0. The average molecular weight is 425 g/mol. The Balaban J connectivity index is 2.07. The third kappa shape index (κ3) is 4.09. The molecule has 27 heavy (non-hydrogen) atoms. The smallest absolute Gasteiger partial charge is 0.416 e. The summed E-state index contributed by atoms with van der Waals surface area (Å²) in [5.41, 5.74) is -1.95. The second kappa shape index (κ2) is 6.80. The molecule has 142 valence electrons. The predicted octanol–water partition coefficient (Wildman–Crippen LogP) is 7.96. The molecule has 0 atom stereocenters. The molecule has 0 radical (unpaired) electrons. The van der Waals surface area contributed by atoms with E-state index in [-0.39, 0.29) is 32.7 Å². The predicted molar refractivity (Wildman–Crippen MR) is 89.6 cm³/mol. The summed E-state index contributed by atoms with van der Waals surface area (Å²) in [6, 6.07) is 8.01. The van der Waals surface area contributed by atoms with Gasteiger partial charge in [0.05, 0.1) is 21.2 Å². The molecular formula is C18H8Cl2F6O. The van der Waals surface area contributed by atoms with Gasteiger partial charge in [-0.25, -0.2) is 0 Å². The van der Waals surface area contributed by atoms with Crippen molar-refractivity contribution in [3.8, 4) is 22.6 Å². The van der Waals surface area contributed by atoms with Gasteiger partial charge < -0.3 is 4.42 Å². The van der Waals surface area contributed by atoms with Crippen LogP contribution in [0, 0.1) is 0 Å². The molecule has 1 heterocycles. The number of halogens is 8. The Morgan fingerprint density at radius 3 is 1.30 bits per heavy atom. The average Bonchev–Trinajstić information content (AvgIpc) is 3.03. The molecule has 0 unspecified atom stereocenters. The van der Waals surface area contributed by atoms with E-state index in [4.69, 9.17) is 27.6 Å². The Labute approximate surface area is 159 Å². The first-order valence-electron chi connectivity index (χ1n) is 7.31. The van der Waals surface area contributed by atoms with Gasteiger partial charge in [0.1, 0.15) is 11.5 Å². The van der Waals surface area contributed by atoms with E-state index in [0.717, 1.165) is 36.4 Å². The molecule has 0 amide bonds. The van der Waals surface area contributed by atoms with Gasteiger partial charge in [0.25, 0.3) is 0 Å². The van der Waals surface area contributed by atoms with Crippen LogP contribution in [-0.4, -0.2) is 0 Å². The van der Waals surface area contributed by atoms with Crippen molar-refractivity contribution in [1.82, 2.24) is 0 Å². The van der Waals surface area contributed by atoms with Gasteiger partial charge in [0.15, 0.2) is 0 Å². The van der Waals surface area contributed by atoms with E-state index < -0.39 is 23.5 Å². The molecule has 0 aliphatic heterocycles. The molecule has 0 fully saturated rings. The summed E-state index contributed by atoms with van der Waals surface area (Å²) in [7, 11) is 0. The Morgan fingerprint density at radius 2 is 0.963 bits per heavy atom. The van der Waals surface area contributed by atoms with Crippen LogP contribution in [0.25, 0.3) is 22.6 Å². The first-order chi connectivity index (χ1) is 12.5. The molecule has 0 aliphatic rings. The second-order valence-corrected chi connectivity index (χ2v) is 6.36. The lowest BCUT2D eigenvalue weighted by Crippen LogP contribution is -2.04. The molecule has 9 heteroatoms. The quantitative estimate of drug-likeness (QED) is 0.380. The highest BCUT2D eigenvalue weighted by molar-refractivity contribution is 6.33. The van der Waals surface area contributed by atoms with E-state index in [0.29, 0.717) is 0 Å². The number of alkyl halides is 6. The Kier molecular flexibility index (Phi) is 4.94. The molecule has 0 bridgehead atoms. The zero-order valence-electron chi connectivity index (χ0n) is 13.1. The van der Waals surface area contributed by atoms with E-state index in [1.807, 2.05) is 0 Å². The maximum Gasteiger partial charge on any atom is 0.416 e. The SMILES string of the molecule is FC(F)(F)c1ccc(Cl)c(-c2ccc(-c3cc(C(F)(F)F)ccc3Cl)o2)c1. The molecule has 1 nitrogen and oxygen atoms in total. The van der Waals surface area contributed by atoms with Gasteiger partial charge in [0.2, 0.25) is 0 Å². The number of benzene rings is 2. The van der Waals surface area contributed by atoms with Crippen molar-refractivity contribution >= 4 is 23.2 Å². The summed E-state index contributed by atoms with van der Waals surface area (Å²) in [5, 5.41) is -0.00178. The first-order valence-corrected chi connectivity index (χ1v) is 8.06. The summed E-state index contributed by atoms with van der Waals surface area (Å²) in [4.78, 5) is 0. The highest BCUT2D eigenvalue weighted by Gasteiger charge is 2.32. The van der Waals surface area contributed by atoms with Gasteiger partial charge >= 0.3 is 12.4 Å². The number of hydrogen-bond acceptors (Lipinski definition) is 1. The minimum Gasteiger partial charge on any atom is -0.456 e. The molecule has 0 spiro atoms. The van der Waals surface area contributed by atoms with Gasteiger partial charge in [-0.05, 0) is 48.5 Å². The topological polar surface area (TPSA) is 13.1 Å². The van der Waals surface area contributed by atoms with Crippen LogP contribution >= 0.6 is 23.2 Å². The van der Waals surface area contributed by atoms with Crippen LogP contribution in [-0.2, 0) is 12.4 Å². The minimum atomic E-state index is -4.58. The summed E-state index contributed by atoms with van der Waals surface area (Å²) >= 11 is 11.9. The van der Waals surface area contributed by atoms with E-state index >= 15 is 0 Å². The maximum atomic E-state index is 12.9. The molecule has 3 aromatic rings. The molecule has 2 aromatic carbocycles. The highest BCUT2D eigenvalue weighted by atomic mass is 35.5. The Morgan fingerprint density at radius 1 is 0.593 bits per heavy atom. The van der Waals surface area contributed by atoms with Crippen molar-refractivity contribution in [3.63, 3.8) is 0 Å². The largest absolute Gasteiger partial charge is 0.456 e. The molecular weight excluding hydrogens is 417 g/mol. The van der Waals surface area contributed by atoms with Gasteiger partial charge in [-0.1, -0.05) is 23.2 Å². The Bertz CT molecular complexity index is 910. The van der Waals surface area contributed by atoms with Crippen molar-refractivity contribution in [3.05, 3.63) is 69.7 Å². The van der Waals surface area contributed by atoms with Gasteiger partial charge in [-0.15, -0.1) is 0 Å². The van der Waals surface area contributed by atoms with Crippen LogP contribution in [0.5, 0.6) is 0 Å². The normalized spacial score (nSPS) is 12.4. The van der Waals surface area contributed by atoms with Crippen LogP contribution in [0.15, 0.2) is 52.9 Å². The van der Waals surface area contributed by atoms with Crippen molar-refractivity contribution in [2.75, 3.05) is 0 Å². The first kappa shape index (κ1) is 19.6. The van der Waals surface area contributed by atoms with Crippen molar-refractivity contribution in [2.45, 2.75) is 12.4 Å². The molecule has 0 saturated heterocycles. The summed E-state index contributed by atoms with van der Waals surface area (Å²) in [5.74, 6) is -0.0656. The molecule has 0 aliphatic carbocycles. The third-order valence-electron chi connectivity index (χ3n) is 3.72. The van der Waals surface area contributed by atoms with Gasteiger partial charge in [-0.2, -0.15) is 26.3 Å². The summed E-state index contributed by atoms with van der Waals surface area (Å²) in [6.07, 6.45) is -9.17. The lowest BCUT2D eigenvalue weighted by atomic mass is 10.1. The fourth-order valence-electron chi connectivity index (χ4n) is 2.41. The lowest BCUT2D eigenvalue weighted by Gasteiger charge is -2.10. The van der Waals surface area contributed by atoms with Crippen molar-refractivity contribution in [2.24, 2.45) is 0 Å². The van der Waals surface area contributed by atoms with Crippen LogP contribution < -0.4 is 0 Å². The van der Waals surface area contributed by atoms with Crippen molar-refractivity contribution in [1.29, 1.82) is 0 Å². The molecule has 1 aromatic heterocycles. The second-order valence-electron chi connectivity index (χ2n) is 5.55. The van der Waals surface area contributed by atoms with Crippen LogP contribution in [0.3, 0.4) is 0 Å². The number of rotatable bonds is 2. The maximum absolute atomic E-state index is 12.9. The van der Waals surface area contributed by atoms with E-state index in [2.05, 4.69) is 0 Å². The van der Waals surface area contributed by atoms with E-state index in [1.54, 1.807) is 0 Å². The van der Waals surface area contributed by atoms with Gasteiger partial charge in [-0.3, -0.25) is 0 Å². The minimum absolute atomic E-state index is 0.000890. The van der Waals surface area contributed by atoms with Crippen LogP contribution in [0.1, 0.15) is 11.1 Å². The van der Waals surface area contributed by atoms with Crippen LogP contribution in [0.2, 0.25) is 10.0 Å². The third-order valence-corrected chi connectivity index (χ3v) is 4.38. The standard InChI is InChI=1S/C18H8Cl2F6O/c19-13-3-1-9(17(21,22)23)7-11(13)15-5-6-16(27-15)12-8-10(18(24,25)26)2-4-14(12)20/h1-8H. The fourth-order valence-corrected chi connectivity index (χ4v) is 2.83. The highest BCUT2D eigenvalue weighted by Crippen LogP contribution is 2.40. The van der Waals surface area contributed by atoms with E-state index in [1.165, 1.54) is 12.1 Å². The van der Waals surface area contributed by atoms with Gasteiger partial charge in [0, 0.05) is 11.1 Å². The molecule has 0 saturated carbocycles. The zero-order chi connectivity index (χ0) is 20.0. The van der Waals surface area contributed by atoms with E-state index in [9.17, 15) is 26.3 Å². The Hall–Kier alpha value is -2.12. The fraction of sp³-hybridized carbons (Fsp3) is 0.111. The van der Waals surface area contributed by atoms with Crippen molar-refractivity contribution < 1.29 is 30.8 Å². The monoisotopic (exact) mass is 424 g/mol. The number of furan rings is 1. The molecule has 3 rings (SSSR count). The van der Waals surface area contributed by atoms with Crippen LogP contribution in [0.4, 0.5) is 26.3 Å². The lowest BCUT2D eigenvalue weighted by molar-refractivity contribution is -0.138. The molecule has 0 N–H and O–H groups in total. The zero-order valence-corrected chi connectivity index (χ0v) is 14.6. The summed E-state index contributed by atoms with van der Waals surface area (Å²) < 4.78 is 82.8.